The highest BCUT2D eigenvalue weighted by Crippen LogP contribution is 2.27. The van der Waals surface area contributed by atoms with Crippen LogP contribution in [0.15, 0.2) is 41.8 Å². The fraction of sp³-hybridized carbons (Fsp3) is 0.500. The monoisotopic (exact) mass is 318 g/mol. The van der Waals surface area contributed by atoms with Crippen LogP contribution in [-0.2, 0) is 4.79 Å². The van der Waals surface area contributed by atoms with Gasteiger partial charge in [-0.15, -0.1) is 18.3 Å². The van der Waals surface area contributed by atoms with Gasteiger partial charge < -0.3 is 5.32 Å². The molecule has 0 atom stereocenters. The summed E-state index contributed by atoms with van der Waals surface area (Å²) in [6, 6.07) is 8.51. The Kier molecular flexibility index (Phi) is 7.00. The number of likely N-dealkylation sites (N-methyl/N-ethyl adjacent to an activating group) is 1. The van der Waals surface area contributed by atoms with E-state index in [2.05, 4.69) is 23.8 Å². The molecular formula is C18H26N2OS. The van der Waals surface area contributed by atoms with Gasteiger partial charge in [0.2, 0.25) is 5.91 Å². The summed E-state index contributed by atoms with van der Waals surface area (Å²) in [7, 11) is 2.06. The van der Waals surface area contributed by atoms with Crippen LogP contribution in [0.5, 0.6) is 0 Å². The minimum atomic E-state index is 0.0692. The summed E-state index contributed by atoms with van der Waals surface area (Å²) < 4.78 is 0. The van der Waals surface area contributed by atoms with E-state index in [-0.39, 0.29) is 5.91 Å². The molecule has 3 nitrogen and oxygen atoms in total. The molecule has 1 aliphatic rings. The first-order valence-corrected chi connectivity index (χ1v) is 9.02. The van der Waals surface area contributed by atoms with Gasteiger partial charge in [0, 0.05) is 16.7 Å². The molecule has 22 heavy (non-hydrogen) atoms. The molecule has 1 fully saturated rings. The zero-order chi connectivity index (χ0) is 15.8. The third-order valence-electron chi connectivity index (χ3n) is 4.11. The van der Waals surface area contributed by atoms with Crippen LogP contribution in [0.2, 0.25) is 0 Å². The zero-order valence-corrected chi connectivity index (χ0v) is 14.2. The van der Waals surface area contributed by atoms with Crippen molar-refractivity contribution in [3.05, 3.63) is 36.9 Å². The van der Waals surface area contributed by atoms with E-state index in [1.165, 1.54) is 32.1 Å². The zero-order valence-electron chi connectivity index (χ0n) is 13.4. The van der Waals surface area contributed by atoms with E-state index in [1.807, 2.05) is 30.3 Å². The summed E-state index contributed by atoms with van der Waals surface area (Å²) in [5, 5.41) is 3.05. The molecule has 0 unspecified atom stereocenters. The van der Waals surface area contributed by atoms with E-state index >= 15 is 0 Å². The summed E-state index contributed by atoms with van der Waals surface area (Å²) in [5.74, 6) is 0.911. The first-order valence-electron chi connectivity index (χ1n) is 8.03. The van der Waals surface area contributed by atoms with Gasteiger partial charge in [0.1, 0.15) is 0 Å². The number of carbonyl (C=O) groups excluding carboxylic acids is 1. The van der Waals surface area contributed by atoms with Crippen LogP contribution in [0, 0.1) is 0 Å². The summed E-state index contributed by atoms with van der Waals surface area (Å²) in [6.07, 6.45) is 8.23. The quantitative estimate of drug-likeness (QED) is 0.605. The maximum Gasteiger partial charge on any atom is 0.238 e. The Labute approximate surface area is 138 Å². The summed E-state index contributed by atoms with van der Waals surface area (Å²) >= 11 is 1.69. The highest BCUT2D eigenvalue weighted by atomic mass is 32.2. The molecule has 2 rings (SSSR count). The minimum Gasteiger partial charge on any atom is -0.324 e. The Morgan fingerprint density at radius 3 is 2.82 bits per heavy atom. The number of nitrogens with one attached hydrogen (secondary N) is 1. The highest BCUT2D eigenvalue weighted by Gasteiger charge is 2.20. The van der Waals surface area contributed by atoms with Crippen LogP contribution < -0.4 is 5.32 Å². The van der Waals surface area contributed by atoms with Crippen molar-refractivity contribution in [1.82, 2.24) is 4.90 Å². The van der Waals surface area contributed by atoms with Crippen LogP contribution in [0.4, 0.5) is 5.69 Å². The smallest absolute Gasteiger partial charge is 0.238 e. The molecule has 120 valence electrons. The summed E-state index contributed by atoms with van der Waals surface area (Å²) in [5.41, 5.74) is 0.899. The SMILES string of the molecule is C=CCSc1ccccc1NC(=O)CN(C)C1CCCCC1. The Morgan fingerprint density at radius 1 is 1.36 bits per heavy atom. The molecule has 1 saturated carbocycles. The Hall–Kier alpha value is -1.26. The molecule has 0 spiro atoms. The standard InChI is InChI=1S/C18H26N2OS/c1-3-13-22-17-12-8-7-11-16(17)19-18(21)14-20(2)15-9-5-4-6-10-15/h3,7-8,11-12,15H,1,4-6,9-10,13-14H2,2H3,(H,19,21). The molecule has 1 aromatic rings. The molecule has 0 aromatic heterocycles. The number of anilines is 1. The second-order valence-corrected chi connectivity index (χ2v) is 6.91. The van der Waals surface area contributed by atoms with E-state index in [1.54, 1.807) is 11.8 Å². The molecule has 4 heteroatoms. The Morgan fingerprint density at radius 2 is 2.09 bits per heavy atom. The normalized spacial score (nSPS) is 15.7. The number of benzene rings is 1. The number of para-hydroxylation sites is 1. The van der Waals surface area contributed by atoms with Gasteiger partial charge in [0.25, 0.3) is 0 Å². The number of carbonyl (C=O) groups is 1. The molecule has 1 aromatic carbocycles. The first-order chi connectivity index (χ1) is 10.7. The van der Waals surface area contributed by atoms with Gasteiger partial charge in [-0.25, -0.2) is 0 Å². The van der Waals surface area contributed by atoms with E-state index < -0.39 is 0 Å². The number of rotatable bonds is 7. The minimum absolute atomic E-state index is 0.0692. The van der Waals surface area contributed by atoms with Crippen molar-refractivity contribution in [3.63, 3.8) is 0 Å². The predicted molar refractivity (Wildman–Crippen MR) is 95.5 cm³/mol. The van der Waals surface area contributed by atoms with E-state index in [0.29, 0.717) is 12.6 Å². The molecule has 0 radical (unpaired) electrons. The van der Waals surface area contributed by atoms with Crippen molar-refractivity contribution >= 4 is 23.4 Å². The predicted octanol–water partition coefficient (Wildman–Crippen LogP) is 4.17. The lowest BCUT2D eigenvalue weighted by molar-refractivity contribution is -0.117. The van der Waals surface area contributed by atoms with Gasteiger partial charge in [0.05, 0.1) is 12.2 Å². The number of amides is 1. The van der Waals surface area contributed by atoms with Crippen LogP contribution in [0.25, 0.3) is 0 Å². The van der Waals surface area contributed by atoms with E-state index in [0.717, 1.165) is 16.3 Å². The molecule has 0 saturated heterocycles. The van der Waals surface area contributed by atoms with Crippen molar-refractivity contribution in [3.8, 4) is 0 Å². The van der Waals surface area contributed by atoms with E-state index in [4.69, 9.17) is 0 Å². The highest BCUT2D eigenvalue weighted by molar-refractivity contribution is 7.99. The first kappa shape index (κ1) is 17.1. The van der Waals surface area contributed by atoms with Crippen LogP contribution in [0.1, 0.15) is 32.1 Å². The van der Waals surface area contributed by atoms with Gasteiger partial charge in [-0.1, -0.05) is 37.5 Å². The second-order valence-electron chi connectivity index (χ2n) is 5.85. The van der Waals surface area contributed by atoms with Crippen molar-refractivity contribution < 1.29 is 4.79 Å². The van der Waals surface area contributed by atoms with Gasteiger partial charge in [0.15, 0.2) is 0 Å². The second kappa shape index (κ2) is 9.01. The third kappa shape index (κ3) is 5.18. The van der Waals surface area contributed by atoms with Gasteiger partial charge in [-0.05, 0) is 32.0 Å². The lowest BCUT2D eigenvalue weighted by Crippen LogP contribution is -2.39. The molecule has 1 aliphatic carbocycles. The summed E-state index contributed by atoms with van der Waals surface area (Å²) in [4.78, 5) is 15.6. The number of hydrogen-bond donors (Lipinski definition) is 1. The topological polar surface area (TPSA) is 32.3 Å². The fourth-order valence-electron chi connectivity index (χ4n) is 2.91. The van der Waals surface area contributed by atoms with Gasteiger partial charge >= 0.3 is 0 Å². The average Bonchev–Trinajstić information content (AvgIpc) is 2.54. The molecule has 1 amide bonds. The average molecular weight is 318 g/mol. The van der Waals surface area contributed by atoms with Crippen molar-refractivity contribution in [1.29, 1.82) is 0 Å². The third-order valence-corrected chi connectivity index (χ3v) is 5.18. The Bertz CT molecular complexity index is 498. The Balaban J connectivity index is 1.89. The largest absolute Gasteiger partial charge is 0.324 e. The lowest BCUT2D eigenvalue weighted by atomic mass is 9.94. The number of thioether (sulfide) groups is 1. The number of hydrogen-bond acceptors (Lipinski definition) is 3. The van der Waals surface area contributed by atoms with Gasteiger partial charge in [-0.2, -0.15) is 0 Å². The molecule has 1 N–H and O–H groups in total. The van der Waals surface area contributed by atoms with Crippen LogP contribution in [-0.4, -0.2) is 36.2 Å². The van der Waals surface area contributed by atoms with E-state index in [9.17, 15) is 4.79 Å². The molecular weight excluding hydrogens is 292 g/mol. The maximum absolute atomic E-state index is 12.3. The van der Waals surface area contributed by atoms with Gasteiger partial charge in [-0.3, -0.25) is 9.69 Å². The maximum atomic E-state index is 12.3. The summed E-state index contributed by atoms with van der Waals surface area (Å²) in [6.45, 7) is 4.21. The lowest BCUT2D eigenvalue weighted by Gasteiger charge is -2.30. The molecule has 0 heterocycles. The number of nitrogens with zero attached hydrogens (tertiary/aromatic N) is 1. The molecule has 0 bridgehead atoms. The van der Waals surface area contributed by atoms with Crippen molar-refractivity contribution in [2.75, 3.05) is 24.7 Å². The molecule has 0 aliphatic heterocycles. The van der Waals surface area contributed by atoms with Crippen molar-refractivity contribution in [2.45, 2.75) is 43.0 Å². The van der Waals surface area contributed by atoms with Crippen LogP contribution >= 0.6 is 11.8 Å². The van der Waals surface area contributed by atoms with Crippen molar-refractivity contribution in [2.24, 2.45) is 0 Å². The fourth-order valence-corrected chi connectivity index (χ4v) is 3.66. The van der Waals surface area contributed by atoms with Crippen LogP contribution in [0.3, 0.4) is 0 Å².